The highest BCUT2D eigenvalue weighted by molar-refractivity contribution is 7.93. The standard InChI is InChI=1S/C16H11F2NO2S/c17-11-5-7-12(8-6-11)19-22(20,21)16-10-9-15(18)13-3-1-2-4-14(13)16/h1-10,19H. The molecule has 0 atom stereocenters. The number of sulfonamides is 1. The zero-order valence-corrected chi connectivity index (χ0v) is 12.1. The van der Waals surface area contributed by atoms with E-state index in [9.17, 15) is 17.2 Å². The van der Waals surface area contributed by atoms with Crippen LogP contribution in [0.1, 0.15) is 0 Å². The van der Waals surface area contributed by atoms with Gasteiger partial charge in [0.05, 0.1) is 4.90 Å². The first-order chi connectivity index (χ1) is 10.5. The van der Waals surface area contributed by atoms with E-state index in [1.807, 2.05) is 0 Å². The lowest BCUT2D eigenvalue weighted by atomic mass is 10.1. The van der Waals surface area contributed by atoms with Crippen molar-refractivity contribution in [1.29, 1.82) is 0 Å². The second-order valence-electron chi connectivity index (χ2n) is 4.70. The number of anilines is 1. The summed E-state index contributed by atoms with van der Waals surface area (Å²) in [5.41, 5.74) is 0.231. The monoisotopic (exact) mass is 319 g/mol. The van der Waals surface area contributed by atoms with Gasteiger partial charge in [-0.3, -0.25) is 4.72 Å². The molecule has 1 N–H and O–H groups in total. The maximum absolute atomic E-state index is 13.8. The lowest BCUT2D eigenvalue weighted by Gasteiger charge is -2.11. The molecule has 6 heteroatoms. The van der Waals surface area contributed by atoms with Crippen molar-refractivity contribution in [2.75, 3.05) is 4.72 Å². The molecule has 3 rings (SSSR count). The van der Waals surface area contributed by atoms with Crippen LogP contribution in [0, 0.1) is 11.6 Å². The summed E-state index contributed by atoms with van der Waals surface area (Å²) in [5, 5.41) is 0.515. The summed E-state index contributed by atoms with van der Waals surface area (Å²) < 4.78 is 54.0. The maximum Gasteiger partial charge on any atom is 0.262 e. The Morgan fingerprint density at radius 2 is 1.41 bits per heavy atom. The second-order valence-corrected chi connectivity index (χ2v) is 6.35. The maximum atomic E-state index is 13.8. The molecule has 0 saturated carbocycles. The van der Waals surface area contributed by atoms with Crippen LogP contribution in [-0.2, 0) is 10.0 Å². The predicted octanol–water partition coefficient (Wildman–Crippen LogP) is 3.92. The van der Waals surface area contributed by atoms with Gasteiger partial charge in [-0.2, -0.15) is 0 Å². The van der Waals surface area contributed by atoms with Gasteiger partial charge in [-0.25, -0.2) is 17.2 Å². The minimum Gasteiger partial charge on any atom is -0.280 e. The molecule has 0 amide bonds. The molecule has 3 aromatic carbocycles. The summed E-state index contributed by atoms with van der Waals surface area (Å²) in [4.78, 5) is -0.0335. The van der Waals surface area contributed by atoms with Crippen LogP contribution < -0.4 is 4.72 Å². The Labute approximate surface area is 126 Å². The van der Waals surface area contributed by atoms with Crippen molar-refractivity contribution >= 4 is 26.5 Å². The van der Waals surface area contributed by atoms with Gasteiger partial charge in [0.1, 0.15) is 11.6 Å². The Morgan fingerprint density at radius 1 is 0.773 bits per heavy atom. The van der Waals surface area contributed by atoms with Crippen LogP contribution in [0.15, 0.2) is 65.6 Å². The number of rotatable bonds is 3. The van der Waals surface area contributed by atoms with Crippen LogP contribution in [0.2, 0.25) is 0 Å². The van der Waals surface area contributed by atoms with Crippen LogP contribution in [0.3, 0.4) is 0 Å². The van der Waals surface area contributed by atoms with Crippen molar-refractivity contribution < 1.29 is 17.2 Å². The minimum atomic E-state index is -3.91. The van der Waals surface area contributed by atoms with Crippen molar-refractivity contribution in [2.45, 2.75) is 4.90 Å². The Kier molecular flexibility index (Phi) is 3.54. The van der Waals surface area contributed by atoms with Crippen LogP contribution in [0.5, 0.6) is 0 Å². The van der Waals surface area contributed by atoms with Gasteiger partial charge < -0.3 is 0 Å². The zero-order valence-electron chi connectivity index (χ0n) is 11.3. The van der Waals surface area contributed by atoms with Crippen LogP contribution in [-0.4, -0.2) is 8.42 Å². The van der Waals surface area contributed by atoms with Crippen molar-refractivity contribution in [1.82, 2.24) is 0 Å². The third kappa shape index (κ3) is 2.65. The number of nitrogens with one attached hydrogen (secondary N) is 1. The lowest BCUT2D eigenvalue weighted by Crippen LogP contribution is -2.13. The molecule has 0 spiro atoms. The largest absolute Gasteiger partial charge is 0.280 e. The molecule has 3 nitrogen and oxygen atoms in total. The van der Waals surface area contributed by atoms with Crippen LogP contribution >= 0.6 is 0 Å². The van der Waals surface area contributed by atoms with Gasteiger partial charge in [0.2, 0.25) is 0 Å². The summed E-state index contributed by atoms with van der Waals surface area (Å²) in [5.74, 6) is -0.952. The minimum absolute atomic E-state index is 0.0335. The first-order valence-corrected chi connectivity index (χ1v) is 7.91. The Hall–Kier alpha value is -2.47. The van der Waals surface area contributed by atoms with Gasteiger partial charge in [0.15, 0.2) is 0 Å². The Balaban J connectivity index is 2.10. The smallest absolute Gasteiger partial charge is 0.262 e. The molecule has 3 aromatic rings. The van der Waals surface area contributed by atoms with Crippen LogP contribution in [0.25, 0.3) is 10.8 Å². The highest BCUT2D eigenvalue weighted by Gasteiger charge is 2.18. The van der Waals surface area contributed by atoms with E-state index in [0.717, 1.165) is 18.2 Å². The highest BCUT2D eigenvalue weighted by Crippen LogP contribution is 2.27. The number of benzene rings is 3. The Bertz CT molecular complexity index is 938. The third-order valence-electron chi connectivity index (χ3n) is 3.22. The van der Waals surface area contributed by atoms with Gasteiger partial charge >= 0.3 is 0 Å². The van der Waals surface area contributed by atoms with E-state index >= 15 is 0 Å². The van der Waals surface area contributed by atoms with Crippen molar-refractivity contribution in [3.8, 4) is 0 Å². The molecule has 0 heterocycles. The predicted molar refractivity (Wildman–Crippen MR) is 81.1 cm³/mol. The van der Waals surface area contributed by atoms with E-state index in [-0.39, 0.29) is 21.4 Å². The third-order valence-corrected chi connectivity index (χ3v) is 4.66. The van der Waals surface area contributed by atoms with Gasteiger partial charge in [0, 0.05) is 16.5 Å². The molecule has 22 heavy (non-hydrogen) atoms. The highest BCUT2D eigenvalue weighted by atomic mass is 32.2. The summed E-state index contributed by atoms with van der Waals surface area (Å²) in [7, 11) is -3.91. The molecular formula is C16H11F2NO2S. The average molecular weight is 319 g/mol. The molecule has 0 fully saturated rings. The summed E-state index contributed by atoms with van der Waals surface area (Å²) in [6, 6.07) is 13.6. The van der Waals surface area contributed by atoms with Gasteiger partial charge in [0.25, 0.3) is 10.0 Å². The molecule has 0 saturated heterocycles. The zero-order chi connectivity index (χ0) is 15.7. The van der Waals surface area contributed by atoms with Crippen molar-refractivity contribution in [2.24, 2.45) is 0 Å². The van der Waals surface area contributed by atoms with E-state index < -0.39 is 21.7 Å². The molecule has 0 bridgehead atoms. The molecule has 0 aliphatic carbocycles. The van der Waals surface area contributed by atoms with E-state index in [1.165, 1.54) is 30.3 Å². The first-order valence-electron chi connectivity index (χ1n) is 6.43. The SMILES string of the molecule is O=S(=O)(Nc1ccc(F)cc1)c1ccc(F)c2ccccc12. The molecule has 112 valence electrons. The number of hydrogen-bond acceptors (Lipinski definition) is 2. The summed E-state index contributed by atoms with van der Waals surface area (Å²) in [6.07, 6.45) is 0. The lowest BCUT2D eigenvalue weighted by molar-refractivity contribution is 0.601. The van der Waals surface area contributed by atoms with E-state index in [2.05, 4.69) is 4.72 Å². The van der Waals surface area contributed by atoms with Crippen molar-refractivity contribution in [3.05, 3.63) is 72.3 Å². The summed E-state index contributed by atoms with van der Waals surface area (Å²) >= 11 is 0. The average Bonchev–Trinajstić information content (AvgIpc) is 2.50. The number of halogens is 2. The molecule has 0 unspecified atom stereocenters. The normalized spacial score (nSPS) is 11.5. The number of fused-ring (bicyclic) bond motifs is 1. The molecule has 0 aliphatic heterocycles. The quantitative estimate of drug-likeness (QED) is 0.795. The van der Waals surface area contributed by atoms with E-state index in [1.54, 1.807) is 12.1 Å². The first kappa shape index (κ1) is 14.5. The second kappa shape index (κ2) is 5.38. The molecular weight excluding hydrogens is 308 g/mol. The Morgan fingerprint density at radius 3 is 2.09 bits per heavy atom. The fourth-order valence-electron chi connectivity index (χ4n) is 2.20. The van der Waals surface area contributed by atoms with Gasteiger partial charge in [-0.1, -0.05) is 24.3 Å². The molecule has 0 aromatic heterocycles. The van der Waals surface area contributed by atoms with Gasteiger partial charge in [-0.05, 0) is 36.4 Å². The number of hydrogen-bond donors (Lipinski definition) is 1. The van der Waals surface area contributed by atoms with Gasteiger partial charge in [-0.15, -0.1) is 0 Å². The topological polar surface area (TPSA) is 46.2 Å². The molecule has 0 aliphatic rings. The fraction of sp³-hybridized carbons (Fsp3) is 0. The van der Waals surface area contributed by atoms with E-state index in [0.29, 0.717) is 0 Å². The van der Waals surface area contributed by atoms with E-state index in [4.69, 9.17) is 0 Å². The molecule has 0 radical (unpaired) electrons. The summed E-state index contributed by atoms with van der Waals surface area (Å²) in [6.45, 7) is 0. The van der Waals surface area contributed by atoms with Crippen molar-refractivity contribution in [3.63, 3.8) is 0 Å². The van der Waals surface area contributed by atoms with Crippen LogP contribution in [0.4, 0.5) is 14.5 Å². The fourth-order valence-corrected chi connectivity index (χ4v) is 3.47.